The summed E-state index contributed by atoms with van der Waals surface area (Å²) in [5.74, 6) is -0.312. The quantitative estimate of drug-likeness (QED) is 0.542. The van der Waals surface area contributed by atoms with Crippen molar-refractivity contribution in [3.8, 4) is 0 Å². The SMILES string of the molecule is C=C(C)C(=O)OCC.CCN(C)C.Cl. The van der Waals surface area contributed by atoms with Crippen molar-refractivity contribution >= 4 is 18.4 Å². The van der Waals surface area contributed by atoms with Crippen molar-refractivity contribution in [3.05, 3.63) is 12.2 Å². The van der Waals surface area contributed by atoms with Crippen LogP contribution in [0.15, 0.2) is 12.2 Å². The van der Waals surface area contributed by atoms with Crippen LogP contribution in [0, 0.1) is 0 Å². The molecule has 4 heteroatoms. The van der Waals surface area contributed by atoms with Gasteiger partial charge in [0.1, 0.15) is 0 Å². The van der Waals surface area contributed by atoms with Crippen LogP contribution in [-0.4, -0.2) is 38.1 Å². The van der Waals surface area contributed by atoms with Crippen molar-refractivity contribution < 1.29 is 9.53 Å². The molecule has 0 N–H and O–H groups in total. The van der Waals surface area contributed by atoms with Gasteiger partial charge in [0.2, 0.25) is 0 Å². The average molecular weight is 224 g/mol. The van der Waals surface area contributed by atoms with E-state index in [0.717, 1.165) is 6.54 Å². The molecule has 0 unspecified atom stereocenters. The van der Waals surface area contributed by atoms with Crippen molar-refractivity contribution in [3.63, 3.8) is 0 Å². The molecule has 0 aliphatic heterocycles. The van der Waals surface area contributed by atoms with Gasteiger partial charge in [-0.3, -0.25) is 0 Å². The minimum atomic E-state index is -0.312. The maximum Gasteiger partial charge on any atom is 0.333 e. The van der Waals surface area contributed by atoms with Gasteiger partial charge >= 0.3 is 5.97 Å². The third kappa shape index (κ3) is 17.5. The summed E-state index contributed by atoms with van der Waals surface area (Å²) in [6.07, 6.45) is 0. The Labute approximate surface area is 93.5 Å². The summed E-state index contributed by atoms with van der Waals surface area (Å²) in [5.41, 5.74) is 0.451. The van der Waals surface area contributed by atoms with Crippen molar-refractivity contribution in [1.29, 1.82) is 0 Å². The molecular weight excluding hydrogens is 202 g/mol. The largest absolute Gasteiger partial charge is 0.463 e. The van der Waals surface area contributed by atoms with Gasteiger partial charge in [-0.1, -0.05) is 13.5 Å². The van der Waals surface area contributed by atoms with Crippen molar-refractivity contribution in [2.45, 2.75) is 20.8 Å². The molecular formula is C10H22ClNO2. The van der Waals surface area contributed by atoms with Crippen LogP contribution in [0.1, 0.15) is 20.8 Å². The monoisotopic (exact) mass is 223 g/mol. The lowest BCUT2D eigenvalue weighted by Gasteiger charge is -2.00. The van der Waals surface area contributed by atoms with Gasteiger partial charge in [-0.2, -0.15) is 0 Å². The molecule has 86 valence electrons. The summed E-state index contributed by atoms with van der Waals surface area (Å²) < 4.78 is 4.56. The summed E-state index contributed by atoms with van der Waals surface area (Å²) in [6, 6.07) is 0. The molecule has 0 rings (SSSR count). The van der Waals surface area contributed by atoms with Crippen molar-refractivity contribution in [1.82, 2.24) is 4.90 Å². The number of nitrogens with zero attached hydrogens (tertiary/aromatic N) is 1. The Morgan fingerprint density at radius 1 is 1.36 bits per heavy atom. The van der Waals surface area contributed by atoms with Gasteiger partial charge in [0.15, 0.2) is 0 Å². The van der Waals surface area contributed by atoms with Crippen molar-refractivity contribution in [2.24, 2.45) is 0 Å². The molecule has 0 fully saturated rings. The van der Waals surface area contributed by atoms with Gasteiger partial charge in [0.05, 0.1) is 6.61 Å². The molecule has 0 bridgehead atoms. The second kappa shape index (κ2) is 12.5. The fraction of sp³-hybridized carbons (Fsp3) is 0.700. The zero-order valence-electron chi connectivity index (χ0n) is 9.79. The Morgan fingerprint density at radius 2 is 1.71 bits per heavy atom. The summed E-state index contributed by atoms with van der Waals surface area (Å²) in [4.78, 5) is 12.5. The zero-order chi connectivity index (χ0) is 10.9. The first-order valence-electron chi connectivity index (χ1n) is 4.43. The van der Waals surface area contributed by atoms with E-state index in [4.69, 9.17) is 0 Å². The molecule has 0 atom stereocenters. The Balaban J connectivity index is -0.000000177. The fourth-order valence-corrected chi connectivity index (χ4v) is 0.254. The molecule has 14 heavy (non-hydrogen) atoms. The van der Waals surface area contributed by atoms with E-state index in [0.29, 0.717) is 12.2 Å². The first-order chi connectivity index (χ1) is 5.95. The van der Waals surface area contributed by atoms with Crippen LogP contribution in [0.3, 0.4) is 0 Å². The van der Waals surface area contributed by atoms with Gasteiger partial charge in [0, 0.05) is 5.57 Å². The number of hydrogen-bond acceptors (Lipinski definition) is 3. The summed E-state index contributed by atoms with van der Waals surface area (Å²) >= 11 is 0. The molecule has 0 aromatic rings. The number of carbonyl (C=O) groups excluding carboxylic acids is 1. The number of carbonyl (C=O) groups is 1. The summed E-state index contributed by atoms with van der Waals surface area (Å²) in [7, 11) is 4.11. The van der Waals surface area contributed by atoms with Gasteiger partial charge in [-0.25, -0.2) is 4.79 Å². The highest BCUT2D eigenvalue weighted by Gasteiger charge is 1.98. The Hall–Kier alpha value is -0.540. The maximum absolute atomic E-state index is 10.4. The van der Waals surface area contributed by atoms with Crippen LogP contribution in [0.25, 0.3) is 0 Å². The summed E-state index contributed by atoms with van der Waals surface area (Å²) in [6.45, 7) is 10.5. The Kier molecular flexibility index (Phi) is 17.0. The third-order valence-electron chi connectivity index (χ3n) is 1.26. The lowest BCUT2D eigenvalue weighted by Crippen LogP contribution is -2.08. The smallest absolute Gasteiger partial charge is 0.333 e. The van der Waals surface area contributed by atoms with Crippen LogP contribution < -0.4 is 0 Å². The molecule has 3 nitrogen and oxygen atoms in total. The van der Waals surface area contributed by atoms with E-state index in [9.17, 15) is 4.79 Å². The fourth-order valence-electron chi connectivity index (χ4n) is 0.254. The minimum Gasteiger partial charge on any atom is -0.463 e. The molecule has 0 amide bonds. The van der Waals surface area contributed by atoms with E-state index >= 15 is 0 Å². The molecule has 0 heterocycles. The minimum absolute atomic E-state index is 0. The molecule has 0 aromatic carbocycles. The first-order valence-corrected chi connectivity index (χ1v) is 4.43. The van der Waals surface area contributed by atoms with Crippen molar-refractivity contribution in [2.75, 3.05) is 27.2 Å². The van der Waals surface area contributed by atoms with E-state index in [1.165, 1.54) is 0 Å². The van der Waals surface area contributed by atoms with Crippen LogP contribution in [0.5, 0.6) is 0 Å². The molecule has 0 saturated carbocycles. The lowest BCUT2D eigenvalue weighted by molar-refractivity contribution is -0.138. The van der Waals surface area contributed by atoms with Crippen LogP contribution in [-0.2, 0) is 9.53 Å². The van der Waals surface area contributed by atoms with Gasteiger partial charge in [-0.05, 0) is 34.5 Å². The number of rotatable bonds is 3. The molecule has 0 saturated heterocycles. The van der Waals surface area contributed by atoms with E-state index < -0.39 is 0 Å². The van der Waals surface area contributed by atoms with Gasteiger partial charge < -0.3 is 9.64 Å². The molecule has 0 aromatic heterocycles. The Bertz CT molecular complexity index is 158. The second-order valence-electron chi connectivity index (χ2n) is 2.90. The lowest BCUT2D eigenvalue weighted by atomic mass is 10.4. The van der Waals surface area contributed by atoms with E-state index in [2.05, 4.69) is 37.2 Å². The number of halogens is 1. The molecule has 0 radical (unpaired) electrons. The highest BCUT2D eigenvalue weighted by molar-refractivity contribution is 5.86. The average Bonchev–Trinajstić information content (AvgIpc) is 2.06. The normalized spacial score (nSPS) is 8.14. The highest BCUT2D eigenvalue weighted by Crippen LogP contribution is 1.89. The van der Waals surface area contributed by atoms with E-state index in [1.807, 2.05) is 0 Å². The van der Waals surface area contributed by atoms with E-state index in [-0.39, 0.29) is 18.4 Å². The number of ether oxygens (including phenoxy) is 1. The second-order valence-corrected chi connectivity index (χ2v) is 2.90. The molecule has 0 aliphatic carbocycles. The third-order valence-corrected chi connectivity index (χ3v) is 1.26. The van der Waals surface area contributed by atoms with Crippen LogP contribution in [0.2, 0.25) is 0 Å². The Morgan fingerprint density at radius 3 is 1.79 bits per heavy atom. The molecule has 0 aliphatic rings. The number of esters is 1. The molecule has 0 spiro atoms. The van der Waals surface area contributed by atoms with Gasteiger partial charge in [0.25, 0.3) is 0 Å². The van der Waals surface area contributed by atoms with Gasteiger partial charge in [-0.15, -0.1) is 12.4 Å². The summed E-state index contributed by atoms with van der Waals surface area (Å²) in [5, 5.41) is 0. The van der Waals surface area contributed by atoms with E-state index in [1.54, 1.807) is 13.8 Å². The maximum atomic E-state index is 10.4. The standard InChI is InChI=1S/C6H10O2.C4H11N.ClH/c1-4-8-6(7)5(2)3;1-4-5(2)3;/h2,4H2,1,3H3;4H2,1-3H3;1H. The topological polar surface area (TPSA) is 29.5 Å². The van der Waals surface area contributed by atoms with Crippen LogP contribution >= 0.6 is 12.4 Å². The predicted molar refractivity (Wildman–Crippen MR) is 62.9 cm³/mol. The number of hydrogen-bond donors (Lipinski definition) is 0. The highest BCUT2D eigenvalue weighted by atomic mass is 35.5. The van der Waals surface area contributed by atoms with Crippen LogP contribution in [0.4, 0.5) is 0 Å². The predicted octanol–water partition coefficient (Wildman–Crippen LogP) is 2.12. The first kappa shape index (κ1) is 19.1. The zero-order valence-corrected chi connectivity index (χ0v) is 10.6.